The van der Waals surface area contributed by atoms with E-state index in [-0.39, 0.29) is 12.5 Å². The molecule has 1 heterocycles. The van der Waals surface area contributed by atoms with Gasteiger partial charge in [0.2, 0.25) is 10.0 Å². The number of fused-ring (bicyclic) bond motifs is 1. The molecule has 126 valence electrons. The van der Waals surface area contributed by atoms with E-state index in [4.69, 9.17) is 5.11 Å². The molecule has 2 aromatic carbocycles. The number of aliphatic hydroxyl groups excluding tert-OH is 1. The molecule has 24 heavy (non-hydrogen) atoms. The number of benzene rings is 2. The van der Waals surface area contributed by atoms with Gasteiger partial charge in [-0.25, -0.2) is 8.42 Å². The van der Waals surface area contributed by atoms with Crippen molar-refractivity contribution in [3.05, 3.63) is 59.2 Å². The number of carbonyl (C=O) groups excluding carboxylic acids is 1. The van der Waals surface area contributed by atoms with Gasteiger partial charge in [0.1, 0.15) is 0 Å². The van der Waals surface area contributed by atoms with Crippen LogP contribution in [0.25, 0.3) is 0 Å². The molecule has 1 aliphatic heterocycles. The Kier molecular flexibility index (Phi) is 4.29. The molecule has 2 N–H and O–H groups in total. The van der Waals surface area contributed by atoms with Gasteiger partial charge < -0.3 is 10.4 Å². The number of hydrogen-bond acceptors (Lipinski definition) is 4. The first-order valence-electron chi connectivity index (χ1n) is 7.50. The topological polar surface area (TPSA) is 86.7 Å². The second kappa shape index (κ2) is 6.26. The molecule has 6 nitrogen and oxygen atoms in total. The van der Waals surface area contributed by atoms with Crippen molar-refractivity contribution >= 4 is 27.3 Å². The number of amides is 1. The van der Waals surface area contributed by atoms with Gasteiger partial charge in [-0.3, -0.25) is 9.10 Å². The van der Waals surface area contributed by atoms with Crippen molar-refractivity contribution in [1.82, 2.24) is 0 Å². The molecule has 0 atom stereocenters. The third kappa shape index (κ3) is 3.27. The molecule has 0 saturated heterocycles. The van der Waals surface area contributed by atoms with Crippen LogP contribution in [0.3, 0.4) is 0 Å². The van der Waals surface area contributed by atoms with Gasteiger partial charge >= 0.3 is 0 Å². The fraction of sp³-hybridized carbons (Fsp3) is 0.235. The van der Waals surface area contributed by atoms with Gasteiger partial charge in [-0.05, 0) is 47.9 Å². The molecule has 0 radical (unpaired) electrons. The molecule has 1 amide bonds. The summed E-state index contributed by atoms with van der Waals surface area (Å²) in [7, 11) is -3.30. The number of nitrogens with zero attached hydrogens (tertiary/aromatic N) is 1. The number of anilines is 2. The molecule has 0 aliphatic carbocycles. The van der Waals surface area contributed by atoms with E-state index in [1.54, 1.807) is 42.5 Å². The minimum absolute atomic E-state index is 0.0934. The zero-order valence-electron chi connectivity index (χ0n) is 13.2. The summed E-state index contributed by atoms with van der Waals surface area (Å²) in [4.78, 5) is 12.4. The van der Waals surface area contributed by atoms with Crippen LogP contribution in [0.1, 0.15) is 21.5 Å². The Labute approximate surface area is 140 Å². The standard InChI is InChI=1S/C17H18N2O4S/c1-24(22,23)19-8-7-13-10-14(5-6-16(13)19)17(21)18-15-4-2-3-12(9-15)11-20/h2-6,9-10,20H,7-8,11H2,1H3,(H,18,21). The minimum atomic E-state index is -3.30. The normalized spacial score (nSPS) is 13.7. The second-order valence-electron chi connectivity index (χ2n) is 5.74. The van der Waals surface area contributed by atoms with E-state index in [1.165, 1.54) is 10.6 Å². The summed E-state index contributed by atoms with van der Waals surface area (Å²) in [5.74, 6) is -0.273. The monoisotopic (exact) mass is 346 g/mol. The van der Waals surface area contributed by atoms with Gasteiger partial charge in [-0.15, -0.1) is 0 Å². The molecule has 0 unspecified atom stereocenters. The Morgan fingerprint density at radius 1 is 1.25 bits per heavy atom. The third-order valence-corrected chi connectivity index (χ3v) is 5.14. The van der Waals surface area contributed by atoms with Crippen molar-refractivity contribution in [1.29, 1.82) is 0 Å². The summed E-state index contributed by atoms with van der Waals surface area (Å²) in [6.45, 7) is 0.307. The van der Waals surface area contributed by atoms with Gasteiger partial charge in [0.05, 0.1) is 18.6 Å². The molecular formula is C17H18N2O4S. The van der Waals surface area contributed by atoms with Crippen molar-refractivity contribution in [2.75, 3.05) is 22.4 Å². The highest BCUT2D eigenvalue weighted by Crippen LogP contribution is 2.30. The lowest BCUT2D eigenvalue weighted by Crippen LogP contribution is -2.27. The maximum atomic E-state index is 12.4. The number of hydrogen-bond donors (Lipinski definition) is 2. The zero-order valence-corrected chi connectivity index (χ0v) is 14.0. The van der Waals surface area contributed by atoms with Crippen LogP contribution in [-0.2, 0) is 23.1 Å². The third-order valence-electron chi connectivity index (χ3n) is 3.96. The van der Waals surface area contributed by atoms with Gasteiger partial charge in [0, 0.05) is 17.8 Å². The van der Waals surface area contributed by atoms with E-state index in [2.05, 4.69) is 5.32 Å². The molecule has 0 fully saturated rings. The first-order chi connectivity index (χ1) is 11.4. The van der Waals surface area contributed by atoms with Crippen molar-refractivity contribution in [2.24, 2.45) is 0 Å². The molecule has 0 spiro atoms. The van der Waals surface area contributed by atoms with E-state index < -0.39 is 10.0 Å². The summed E-state index contributed by atoms with van der Waals surface area (Å²) in [5.41, 5.74) is 3.27. The van der Waals surface area contributed by atoms with E-state index in [1.807, 2.05) is 0 Å². The first kappa shape index (κ1) is 16.5. The Balaban J connectivity index is 1.82. The minimum Gasteiger partial charge on any atom is -0.392 e. The lowest BCUT2D eigenvalue weighted by molar-refractivity contribution is 0.102. The predicted molar refractivity (Wildman–Crippen MR) is 92.7 cm³/mol. The Bertz CT molecular complexity index is 893. The number of rotatable bonds is 4. The maximum absolute atomic E-state index is 12.4. The molecule has 7 heteroatoms. The summed E-state index contributed by atoms with van der Waals surface area (Å²) in [6.07, 6.45) is 1.76. The molecule has 3 rings (SSSR count). The summed E-state index contributed by atoms with van der Waals surface area (Å²) in [6, 6.07) is 12.0. The number of sulfonamides is 1. The SMILES string of the molecule is CS(=O)(=O)N1CCc2cc(C(=O)Nc3cccc(CO)c3)ccc21. The van der Waals surface area contributed by atoms with Crippen LogP contribution in [0.4, 0.5) is 11.4 Å². The van der Waals surface area contributed by atoms with Crippen molar-refractivity contribution in [3.63, 3.8) is 0 Å². The molecule has 1 aliphatic rings. The lowest BCUT2D eigenvalue weighted by atomic mass is 10.1. The van der Waals surface area contributed by atoms with Gasteiger partial charge in [-0.2, -0.15) is 0 Å². The highest BCUT2D eigenvalue weighted by molar-refractivity contribution is 7.92. The predicted octanol–water partition coefficient (Wildman–Crippen LogP) is 1.75. The Morgan fingerprint density at radius 2 is 2.04 bits per heavy atom. The highest BCUT2D eigenvalue weighted by atomic mass is 32.2. The van der Waals surface area contributed by atoms with Crippen LogP contribution in [0, 0.1) is 0 Å². The highest BCUT2D eigenvalue weighted by Gasteiger charge is 2.26. The Hall–Kier alpha value is -2.38. The molecule has 0 aromatic heterocycles. The zero-order chi connectivity index (χ0) is 17.3. The number of nitrogens with one attached hydrogen (secondary N) is 1. The first-order valence-corrected chi connectivity index (χ1v) is 9.35. The average molecular weight is 346 g/mol. The van der Waals surface area contributed by atoms with E-state index in [0.29, 0.717) is 35.5 Å². The van der Waals surface area contributed by atoms with Crippen molar-refractivity contribution < 1.29 is 18.3 Å². The fourth-order valence-electron chi connectivity index (χ4n) is 2.81. The van der Waals surface area contributed by atoms with E-state index in [9.17, 15) is 13.2 Å². The van der Waals surface area contributed by atoms with Gasteiger partial charge in [-0.1, -0.05) is 12.1 Å². The van der Waals surface area contributed by atoms with Crippen LogP contribution in [0.5, 0.6) is 0 Å². The Morgan fingerprint density at radius 3 is 2.75 bits per heavy atom. The van der Waals surface area contributed by atoms with Crippen molar-refractivity contribution in [2.45, 2.75) is 13.0 Å². The lowest BCUT2D eigenvalue weighted by Gasteiger charge is -2.16. The van der Waals surface area contributed by atoms with Crippen molar-refractivity contribution in [3.8, 4) is 0 Å². The number of aliphatic hydroxyl groups is 1. The summed E-state index contributed by atoms with van der Waals surface area (Å²) >= 11 is 0. The van der Waals surface area contributed by atoms with Gasteiger partial charge in [0.15, 0.2) is 0 Å². The largest absolute Gasteiger partial charge is 0.392 e. The van der Waals surface area contributed by atoms with Crippen LogP contribution < -0.4 is 9.62 Å². The smallest absolute Gasteiger partial charge is 0.255 e. The number of carbonyl (C=O) groups is 1. The van der Waals surface area contributed by atoms with Crippen LogP contribution in [0.2, 0.25) is 0 Å². The maximum Gasteiger partial charge on any atom is 0.255 e. The second-order valence-corrected chi connectivity index (χ2v) is 7.65. The van der Waals surface area contributed by atoms with E-state index in [0.717, 1.165) is 5.56 Å². The molecular weight excluding hydrogens is 328 g/mol. The quantitative estimate of drug-likeness (QED) is 0.883. The fourth-order valence-corrected chi connectivity index (χ4v) is 3.77. The van der Waals surface area contributed by atoms with Gasteiger partial charge in [0.25, 0.3) is 5.91 Å². The molecule has 0 saturated carbocycles. The van der Waals surface area contributed by atoms with Crippen LogP contribution in [-0.4, -0.2) is 32.2 Å². The molecule has 0 bridgehead atoms. The summed E-state index contributed by atoms with van der Waals surface area (Å²) < 4.78 is 24.8. The summed E-state index contributed by atoms with van der Waals surface area (Å²) in [5, 5.41) is 11.9. The van der Waals surface area contributed by atoms with Crippen LogP contribution >= 0.6 is 0 Å². The molecule has 2 aromatic rings. The average Bonchev–Trinajstić information content (AvgIpc) is 2.98. The van der Waals surface area contributed by atoms with Crippen LogP contribution in [0.15, 0.2) is 42.5 Å². The van der Waals surface area contributed by atoms with E-state index >= 15 is 0 Å².